The van der Waals surface area contributed by atoms with Crippen molar-refractivity contribution in [1.29, 1.82) is 0 Å². The van der Waals surface area contributed by atoms with Crippen LogP contribution in [0.15, 0.2) is 46.6 Å². The van der Waals surface area contributed by atoms with Crippen LogP contribution in [0.1, 0.15) is 23.2 Å². The summed E-state index contributed by atoms with van der Waals surface area (Å²) in [6.07, 6.45) is 1.50. The highest BCUT2D eigenvalue weighted by atomic mass is 16.5. The van der Waals surface area contributed by atoms with Crippen molar-refractivity contribution in [1.82, 2.24) is 10.1 Å². The van der Waals surface area contributed by atoms with Gasteiger partial charge in [-0.05, 0) is 12.1 Å². The van der Waals surface area contributed by atoms with Gasteiger partial charge in [-0.3, -0.25) is 4.79 Å². The summed E-state index contributed by atoms with van der Waals surface area (Å²) < 4.78 is 4.82. The maximum atomic E-state index is 11.9. The van der Waals surface area contributed by atoms with E-state index < -0.39 is 0 Å². The number of carbonyl (C=O) groups is 1. The number of ketones is 1. The topological polar surface area (TPSA) is 68.0 Å². The SMILES string of the molecule is C/C(=C/C(=O)c1ccccc1)Nc1noc(C)n1. The Labute approximate surface area is 105 Å². The van der Waals surface area contributed by atoms with E-state index in [-0.39, 0.29) is 5.78 Å². The maximum absolute atomic E-state index is 11.9. The van der Waals surface area contributed by atoms with Gasteiger partial charge in [-0.15, -0.1) is 0 Å². The van der Waals surface area contributed by atoms with Gasteiger partial charge in [0.2, 0.25) is 5.89 Å². The van der Waals surface area contributed by atoms with Crippen molar-refractivity contribution >= 4 is 11.7 Å². The third-order valence-electron chi connectivity index (χ3n) is 2.24. The Balaban J connectivity index is 2.07. The molecule has 5 heteroatoms. The van der Waals surface area contributed by atoms with Gasteiger partial charge in [0.15, 0.2) is 5.78 Å². The fraction of sp³-hybridized carbons (Fsp3) is 0.154. The van der Waals surface area contributed by atoms with Gasteiger partial charge in [0.05, 0.1) is 0 Å². The van der Waals surface area contributed by atoms with E-state index in [1.165, 1.54) is 6.08 Å². The summed E-state index contributed by atoms with van der Waals surface area (Å²) in [6, 6.07) is 9.06. The molecule has 0 saturated carbocycles. The normalized spacial score (nSPS) is 11.3. The van der Waals surface area contributed by atoms with E-state index in [1.54, 1.807) is 26.0 Å². The lowest BCUT2D eigenvalue weighted by molar-refractivity contribution is 0.104. The Hall–Kier alpha value is -2.43. The van der Waals surface area contributed by atoms with Crippen LogP contribution in [-0.2, 0) is 0 Å². The molecule has 0 saturated heterocycles. The zero-order valence-corrected chi connectivity index (χ0v) is 10.2. The molecule has 92 valence electrons. The molecule has 0 fully saturated rings. The fourth-order valence-electron chi connectivity index (χ4n) is 1.44. The average Bonchev–Trinajstić information content (AvgIpc) is 2.75. The number of rotatable bonds is 4. The number of hydrogen-bond acceptors (Lipinski definition) is 5. The Morgan fingerprint density at radius 3 is 2.67 bits per heavy atom. The zero-order valence-electron chi connectivity index (χ0n) is 10.2. The lowest BCUT2D eigenvalue weighted by Gasteiger charge is -2.00. The zero-order chi connectivity index (χ0) is 13.0. The summed E-state index contributed by atoms with van der Waals surface area (Å²) in [7, 11) is 0. The van der Waals surface area contributed by atoms with Crippen LogP contribution in [0.25, 0.3) is 0 Å². The lowest BCUT2D eigenvalue weighted by atomic mass is 10.1. The second kappa shape index (κ2) is 5.27. The van der Waals surface area contributed by atoms with Crippen LogP contribution < -0.4 is 5.32 Å². The second-order valence-corrected chi connectivity index (χ2v) is 3.82. The van der Waals surface area contributed by atoms with Crippen LogP contribution >= 0.6 is 0 Å². The fourth-order valence-corrected chi connectivity index (χ4v) is 1.44. The van der Waals surface area contributed by atoms with E-state index in [4.69, 9.17) is 4.52 Å². The number of anilines is 1. The monoisotopic (exact) mass is 243 g/mol. The van der Waals surface area contributed by atoms with Crippen molar-refractivity contribution in [3.05, 3.63) is 53.6 Å². The summed E-state index contributed by atoms with van der Waals surface area (Å²) in [5, 5.41) is 6.57. The molecule has 2 rings (SSSR count). The summed E-state index contributed by atoms with van der Waals surface area (Å²) in [4.78, 5) is 15.9. The Morgan fingerprint density at radius 2 is 2.06 bits per heavy atom. The molecule has 0 radical (unpaired) electrons. The first kappa shape index (κ1) is 12.0. The molecular formula is C13H13N3O2. The molecule has 0 bridgehead atoms. The largest absolute Gasteiger partial charge is 0.338 e. The van der Waals surface area contributed by atoms with E-state index in [2.05, 4.69) is 15.5 Å². The van der Waals surface area contributed by atoms with Crippen molar-refractivity contribution in [2.75, 3.05) is 5.32 Å². The number of aryl methyl sites for hydroxylation is 1. The molecule has 1 aromatic carbocycles. The molecular weight excluding hydrogens is 230 g/mol. The van der Waals surface area contributed by atoms with Crippen molar-refractivity contribution < 1.29 is 9.32 Å². The van der Waals surface area contributed by atoms with Crippen LogP contribution in [0.2, 0.25) is 0 Å². The predicted molar refractivity (Wildman–Crippen MR) is 67.2 cm³/mol. The first-order valence-electron chi connectivity index (χ1n) is 5.50. The van der Waals surface area contributed by atoms with E-state index in [1.807, 2.05) is 18.2 Å². The number of aromatic nitrogens is 2. The van der Waals surface area contributed by atoms with Gasteiger partial charge in [-0.25, -0.2) is 0 Å². The molecule has 18 heavy (non-hydrogen) atoms. The van der Waals surface area contributed by atoms with Gasteiger partial charge in [0, 0.05) is 24.3 Å². The minimum atomic E-state index is -0.0687. The van der Waals surface area contributed by atoms with Crippen molar-refractivity contribution in [3.8, 4) is 0 Å². The Bertz CT molecular complexity index is 573. The summed E-state index contributed by atoms with van der Waals surface area (Å²) in [6.45, 7) is 3.47. The number of nitrogens with one attached hydrogen (secondary N) is 1. The van der Waals surface area contributed by atoms with Gasteiger partial charge in [-0.2, -0.15) is 4.98 Å². The quantitative estimate of drug-likeness (QED) is 0.660. The number of allylic oxidation sites excluding steroid dienone is 2. The van der Waals surface area contributed by atoms with Gasteiger partial charge >= 0.3 is 0 Å². The molecule has 0 aliphatic heterocycles. The Morgan fingerprint density at radius 1 is 1.33 bits per heavy atom. The molecule has 0 atom stereocenters. The van der Waals surface area contributed by atoms with Crippen LogP contribution in [-0.4, -0.2) is 15.9 Å². The van der Waals surface area contributed by atoms with Gasteiger partial charge in [-0.1, -0.05) is 30.3 Å². The molecule has 0 amide bonds. The van der Waals surface area contributed by atoms with E-state index in [9.17, 15) is 4.79 Å². The van der Waals surface area contributed by atoms with Crippen LogP contribution in [0, 0.1) is 6.92 Å². The van der Waals surface area contributed by atoms with Gasteiger partial charge in [0.25, 0.3) is 5.95 Å². The summed E-state index contributed by atoms with van der Waals surface area (Å²) >= 11 is 0. The average molecular weight is 243 g/mol. The van der Waals surface area contributed by atoms with Gasteiger partial charge < -0.3 is 9.84 Å². The van der Waals surface area contributed by atoms with Crippen LogP contribution in [0.5, 0.6) is 0 Å². The highest BCUT2D eigenvalue weighted by molar-refractivity contribution is 6.05. The summed E-state index contributed by atoms with van der Waals surface area (Å²) in [5.41, 5.74) is 1.30. The molecule has 0 spiro atoms. The predicted octanol–water partition coefficient (Wildman–Crippen LogP) is 2.58. The first-order valence-corrected chi connectivity index (χ1v) is 5.50. The van der Waals surface area contributed by atoms with E-state index in [0.29, 0.717) is 23.1 Å². The maximum Gasteiger partial charge on any atom is 0.267 e. The van der Waals surface area contributed by atoms with Gasteiger partial charge in [0.1, 0.15) is 0 Å². The highest BCUT2D eigenvalue weighted by Gasteiger charge is 2.04. The molecule has 0 unspecified atom stereocenters. The minimum absolute atomic E-state index is 0.0687. The molecule has 0 aliphatic carbocycles. The number of nitrogens with zero attached hydrogens (tertiary/aromatic N) is 2. The molecule has 1 heterocycles. The van der Waals surface area contributed by atoms with Crippen LogP contribution in [0.3, 0.4) is 0 Å². The molecule has 1 aromatic heterocycles. The summed E-state index contributed by atoms with van der Waals surface area (Å²) in [5.74, 6) is 0.752. The number of hydrogen-bond donors (Lipinski definition) is 1. The Kier molecular flexibility index (Phi) is 3.52. The molecule has 1 N–H and O–H groups in total. The molecule has 5 nitrogen and oxygen atoms in total. The standard InChI is InChI=1S/C13H13N3O2/c1-9(14-13-15-10(2)18-16-13)8-12(17)11-6-4-3-5-7-11/h3-8H,1-2H3,(H,14,16)/b9-8-. The lowest BCUT2D eigenvalue weighted by Crippen LogP contribution is -2.02. The van der Waals surface area contributed by atoms with Crippen molar-refractivity contribution in [3.63, 3.8) is 0 Å². The first-order chi connectivity index (χ1) is 8.65. The van der Waals surface area contributed by atoms with Crippen LogP contribution in [0.4, 0.5) is 5.95 Å². The third kappa shape index (κ3) is 3.04. The van der Waals surface area contributed by atoms with Crippen molar-refractivity contribution in [2.24, 2.45) is 0 Å². The molecule has 0 aliphatic rings. The second-order valence-electron chi connectivity index (χ2n) is 3.82. The van der Waals surface area contributed by atoms with Crippen molar-refractivity contribution in [2.45, 2.75) is 13.8 Å². The molecule has 2 aromatic rings. The highest BCUT2D eigenvalue weighted by Crippen LogP contribution is 2.07. The minimum Gasteiger partial charge on any atom is -0.338 e. The number of benzene rings is 1. The third-order valence-corrected chi connectivity index (χ3v) is 2.24. The van der Waals surface area contributed by atoms with E-state index in [0.717, 1.165) is 0 Å². The number of carbonyl (C=O) groups excluding carboxylic acids is 1. The smallest absolute Gasteiger partial charge is 0.267 e. The van der Waals surface area contributed by atoms with E-state index >= 15 is 0 Å².